The Morgan fingerprint density at radius 1 is 0.846 bits per heavy atom. The van der Waals surface area contributed by atoms with Gasteiger partial charge in [0.2, 0.25) is 0 Å². The van der Waals surface area contributed by atoms with Gasteiger partial charge in [-0.2, -0.15) is 0 Å². The highest BCUT2D eigenvalue weighted by atomic mass is 16.7. The molecule has 5 nitrogen and oxygen atoms in total. The summed E-state index contributed by atoms with van der Waals surface area (Å²) in [5, 5.41) is 12.4. The van der Waals surface area contributed by atoms with Crippen molar-refractivity contribution in [3.05, 3.63) is 71.8 Å². The van der Waals surface area contributed by atoms with Crippen molar-refractivity contribution in [2.75, 3.05) is 13.2 Å². The van der Waals surface area contributed by atoms with Crippen molar-refractivity contribution in [1.82, 2.24) is 5.32 Å². The largest absolute Gasteiger partial charge is 0.511 e. The lowest BCUT2D eigenvalue weighted by molar-refractivity contribution is 0.144. The Kier molecular flexibility index (Phi) is 8.70. The zero-order valence-corrected chi connectivity index (χ0v) is 24.3. The second kappa shape index (κ2) is 11.8. The lowest BCUT2D eigenvalue weighted by atomic mass is 9.63. The summed E-state index contributed by atoms with van der Waals surface area (Å²) in [6.45, 7) is 15.4. The first-order chi connectivity index (χ1) is 18.5. The Morgan fingerprint density at radius 2 is 1.49 bits per heavy atom. The highest BCUT2D eigenvalue weighted by Crippen LogP contribution is 2.47. The number of benzene rings is 3. The van der Waals surface area contributed by atoms with Crippen LogP contribution in [0.25, 0.3) is 22.3 Å². The molecule has 39 heavy (non-hydrogen) atoms. The molecule has 4 rings (SSSR count). The minimum Gasteiger partial charge on any atom is -0.493 e. The first kappa shape index (κ1) is 28.7. The molecule has 0 aromatic heterocycles. The summed E-state index contributed by atoms with van der Waals surface area (Å²) >= 11 is 0. The van der Waals surface area contributed by atoms with E-state index in [2.05, 4.69) is 83.3 Å². The van der Waals surface area contributed by atoms with Crippen LogP contribution < -0.4 is 14.8 Å². The highest BCUT2D eigenvalue weighted by molar-refractivity contribution is 5.79. The van der Waals surface area contributed by atoms with Crippen LogP contribution >= 0.6 is 0 Å². The molecular weight excluding hydrogens is 486 g/mol. The van der Waals surface area contributed by atoms with Crippen LogP contribution in [0.1, 0.15) is 78.4 Å². The van der Waals surface area contributed by atoms with Crippen LogP contribution in [0.5, 0.6) is 11.5 Å². The SMILES string of the molecule is CC(C)NCCCCOc1ccc(-c2ccc(OC(=O)O)cc2)cc1-c1ccc2c(c1)C(C)(C)CCC2(C)C. The number of hydrogen-bond donors (Lipinski definition) is 2. The van der Waals surface area contributed by atoms with Gasteiger partial charge < -0.3 is 19.9 Å². The van der Waals surface area contributed by atoms with Crippen molar-refractivity contribution in [2.45, 2.75) is 84.1 Å². The van der Waals surface area contributed by atoms with Gasteiger partial charge >= 0.3 is 6.16 Å². The molecule has 3 aromatic rings. The smallest absolute Gasteiger partial charge is 0.493 e. The second-order valence-corrected chi connectivity index (χ2v) is 12.3. The number of carboxylic acid groups (broad SMARTS) is 1. The van der Waals surface area contributed by atoms with Gasteiger partial charge in [-0.1, -0.05) is 77.9 Å². The van der Waals surface area contributed by atoms with Crippen molar-refractivity contribution in [3.63, 3.8) is 0 Å². The molecule has 2 N–H and O–H groups in total. The van der Waals surface area contributed by atoms with E-state index in [1.165, 1.54) is 17.5 Å². The van der Waals surface area contributed by atoms with Gasteiger partial charge in [-0.3, -0.25) is 0 Å². The number of ether oxygens (including phenoxy) is 2. The molecule has 0 heterocycles. The monoisotopic (exact) mass is 529 g/mol. The number of fused-ring (bicyclic) bond motifs is 1. The van der Waals surface area contributed by atoms with Gasteiger partial charge in [0.25, 0.3) is 0 Å². The van der Waals surface area contributed by atoms with Crippen LogP contribution in [-0.2, 0) is 10.8 Å². The molecule has 0 spiro atoms. The number of unbranched alkanes of at least 4 members (excludes halogenated alkanes) is 1. The molecule has 208 valence electrons. The Labute approximate surface area is 233 Å². The van der Waals surface area contributed by atoms with Crippen LogP contribution in [0, 0.1) is 0 Å². The van der Waals surface area contributed by atoms with E-state index >= 15 is 0 Å². The quantitative estimate of drug-likeness (QED) is 0.156. The Bertz CT molecular complexity index is 1290. The molecule has 3 aromatic carbocycles. The highest BCUT2D eigenvalue weighted by Gasteiger charge is 2.37. The molecule has 1 aliphatic rings. The van der Waals surface area contributed by atoms with Gasteiger partial charge in [0.15, 0.2) is 0 Å². The molecule has 0 aliphatic heterocycles. The van der Waals surface area contributed by atoms with Gasteiger partial charge in [0, 0.05) is 11.6 Å². The van der Waals surface area contributed by atoms with Crippen LogP contribution in [-0.4, -0.2) is 30.5 Å². The summed E-state index contributed by atoms with van der Waals surface area (Å²) in [4.78, 5) is 10.9. The van der Waals surface area contributed by atoms with Crippen LogP contribution in [0.3, 0.4) is 0 Å². The Balaban J connectivity index is 1.68. The van der Waals surface area contributed by atoms with E-state index in [1.54, 1.807) is 12.1 Å². The van der Waals surface area contributed by atoms with E-state index < -0.39 is 6.16 Å². The van der Waals surface area contributed by atoms with Gasteiger partial charge in [0.1, 0.15) is 11.5 Å². The standard InChI is InChI=1S/C34H43NO4/c1-23(2)35-19-7-8-20-38-31-16-12-25(24-9-13-27(14-10-24)39-32(36)37)21-28(31)26-11-15-29-30(22-26)34(5,6)18-17-33(29,3)4/h9-16,21-23,35H,7-8,17-20H2,1-6H3,(H,36,37). The average molecular weight is 530 g/mol. The van der Waals surface area contributed by atoms with Gasteiger partial charge in [0.05, 0.1) is 6.61 Å². The Morgan fingerprint density at radius 3 is 2.15 bits per heavy atom. The first-order valence-electron chi connectivity index (χ1n) is 14.1. The number of hydrogen-bond acceptors (Lipinski definition) is 4. The van der Waals surface area contributed by atoms with E-state index in [9.17, 15) is 4.79 Å². The lowest BCUT2D eigenvalue weighted by Crippen LogP contribution is -2.33. The fourth-order valence-electron chi connectivity index (χ4n) is 5.43. The summed E-state index contributed by atoms with van der Waals surface area (Å²) in [7, 11) is 0. The summed E-state index contributed by atoms with van der Waals surface area (Å²) in [5.41, 5.74) is 7.38. The number of carbonyl (C=O) groups is 1. The third-order valence-corrected chi connectivity index (χ3v) is 7.92. The maximum atomic E-state index is 10.9. The lowest BCUT2D eigenvalue weighted by Gasteiger charge is -2.42. The minimum atomic E-state index is -1.31. The molecule has 0 atom stereocenters. The van der Waals surface area contributed by atoms with Crippen molar-refractivity contribution < 1.29 is 19.4 Å². The Hall–Kier alpha value is -3.31. The molecule has 0 saturated carbocycles. The molecular formula is C34H43NO4. The third-order valence-electron chi connectivity index (χ3n) is 7.92. The van der Waals surface area contributed by atoms with Crippen LogP contribution in [0.4, 0.5) is 4.79 Å². The topological polar surface area (TPSA) is 67.8 Å². The number of nitrogens with one attached hydrogen (secondary N) is 1. The molecule has 0 fully saturated rings. The van der Waals surface area contributed by atoms with E-state index in [1.807, 2.05) is 12.1 Å². The molecule has 1 aliphatic carbocycles. The van der Waals surface area contributed by atoms with Crippen molar-refractivity contribution in [2.24, 2.45) is 0 Å². The molecule has 0 saturated heterocycles. The normalized spacial score (nSPS) is 15.6. The van der Waals surface area contributed by atoms with E-state index in [4.69, 9.17) is 14.6 Å². The zero-order chi connectivity index (χ0) is 28.2. The van der Waals surface area contributed by atoms with Crippen LogP contribution in [0.15, 0.2) is 60.7 Å². The predicted molar refractivity (Wildman–Crippen MR) is 159 cm³/mol. The van der Waals surface area contributed by atoms with Crippen molar-refractivity contribution in [3.8, 4) is 33.8 Å². The van der Waals surface area contributed by atoms with E-state index in [-0.39, 0.29) is 10.8 Å². The molecule has 0 amide bonds. The number of rotatable bonds is 10. The van der Waals surface area contributed by atoms with Gasteiger partial charge in [-0.05, 0) is 95.1 Å². The predicted octanol–water partition coefficient (Wildman–Crippen LogP) is 8.58. The minimum absolute atomic E-state index is 0.114. The third kappa shape index (κ3) is 7.02. The maximum Gasteiger partial charge on any atom is 0.511 e. The second-order valence-electron chi connectivity index (χ2n) is 12.3. The molecule has 0 bridgehead atoms. The maximum absolute atomic E-state index is 10.9. The molecule has 0 radical (unpaired) electrons. The molecule has 5 heteroatoms. The fourth-order valence-corrected chi connectivity index (χ4v) is 5.43. The molecule has 0 unspecified atom stereocenters. The summed E-state index contributed by atoms with van der Waals surface area (Å²) in [5.74, 6) is 1.19. The fraction of sp³-hybridized carbons (Fsp3) is 0.441. The summed E-state index contributed by atoms with van der Waals surface area (Å²) in [6, 6.07) is 20.9. The average Bonchev–Trinajstić information content (AvgIpc) is 2.89. The first-order valence-corrected chi connectivity index (χ1v) is 14.1. The van der Waals surface area contributed by atoms with Crippen molar-refractivity contribution in [1.29, 1.82) is 0 Å². The van der Waals surface area contributed by atoms with Gasteiger partial charge in [-0.25, -0.2) is 4.79 Å². The van der Waals surface area contributed by atoms with Crippen LogP contribution in [0.2, 0.25) is 0 Å². The zero-order valence-electron chi connectivity index (χ0n) is 24.3. The van der Waals surface area contributed by atoms with Crippen molar-refractivity contribution >= 4 is 6.16 Å². The summed E-state index contributed by atoms with van der Waals surface area (Å²) in [6.07, 6.45) is 3.08. The van der Waals surface area contributed by atoms with E-state index in [0.29, 0.717) is 18.4 Å². The van der Waals surface area contributed by atoms with Gasteiger partial charge in [-0.15, -0.1) is 0 Å². The van der Waals surface area contributed by atoms with E-state index in [0.717, 1.165) is 53.8 Å². The summed E-state index contributed by atoms with van der Waals surface area (Å²) < 4.78 is 11.2.